The molecule has 0 amide bonds. The number of esters is 1. The van der Waals surface area contributed by atoms with Crippen LogP contribution in [0, 0.1) is 30.1 Å². The zero-order valence-electron chi connectivity index (χ0n) is 18.2. The van der Waals surface area contributed by atoms with Gasteiger partial charge in [-0.25, -0.2) is 0 Å². The molecule has 0 aromatic rings. The molecule has 2 radical (unpaired) electrons. The van der Waals surface area contributed by atoms with Crippen molar-refractivity contribution in [2.75, 3.05) is 6.54 Å². The van der Waals surface area contributed by atoms with Gasteiger partial charge in [-0.1, -0.05) is 45.6 Å². The number of aliphatic hydroxyl groups is 1. The average molecular weight is 390 g/mol. The Kier molecular flexibility index (Phi) is 7.25. The fourth-order valence-corrected chi connectivity index (χ4v) is 5.59. The molecule has 2 N–H and O–H groups in total. The van der Waals surface area contributed by atoms with E-state index in [1.807, 2.05) is 6.92 Å². The second kappa shape index (κ2) is 9.30. The van der Waals surface area contributed by atoms with Crippen LogP contribution >= 0.6 is 0 Å². The van der Waals surface area contributed by atoms with Crippen LogP contribution < -0.4 is 5.32 Å². The predicted octanol–water partition coefficient (Wildman–Crippen LogP) is 4.30. The Morgan fingerprint density at radius 3 is 2.61 bits per heavy atom. The van der Waals surface area contributed by atoms with Gasteiger partial charge in [-0.05, 0) is 62.5 Å². The van der Waals surface area contributed by atoms with Crippen molar-refractivity contribution in [3.63, 3.8) is 0 Å². The van der Waals surface area contributed by atoms with Gasteiger partial charge in [-0.3, -0.25) is 4.79 Å². The number of carbonyl (C=O) groups excluding carboxylic acids is 1. The highest BCUT2D eigenvalue weighted by atomic mass is 16.5. The minimum atomic E-state index is -1.01. The molecule has 0 unspecified atom stereocenters. The van der Waals surface area contributed by atoms with Gasteiger partial charge >= 0.3 is 5.97 Å². The molecule has 0 aliphatic heterocycles. The molecule has 3 aliphatic carbocycles. The number of carbonyl (C=O) groups is 1. The van der Waals surface area contributed by atoms with Crippen LogP contribution in [-0.2, 0) is 9.53 Å². The first-order valence-corrected chi connectivity index (χ1v) is 11.4. The van der Waals surface area contributed by atoms with E-state index in [-0.39, 0.29) is 17.8 Å². The molecule has 158 valence electrons. The Labute approximate surface area is 171 Å². The monoisotopic (exact) mass is 389 g/mol. The quantitative estimate of drug-likeness (QED) is 0.418. The van der Waals surface area contributed by atoms with Crippen molar-refractivity contribution in [2.24, 2.45) is 23.7 Å². The number of rotatable bonds is 5. The summed E-state index contributed by atoms with van der Waals surface area (Å²) in [6, 6.07) is 0.654. The molecule has 0 saturated heterocycles. The highest BCUT2D eigenvalue weighted by Gasteiger charge is 2.53. The molecule has 0 heterocycles. The zero-order valence-corrected chi connectivity index (χ0v) is 18.2. The van der Waals surface area contributed by atoms with Crippen molar-refractivity contribution in [3.8, 4) is 0 Å². The normalized spacial score (nSPS) is 38.1. The van der Waals surface area contributed by atoms with Crippen molar-refractivity contribution >= 4 is 5.97 Å². The summed E-state index contributed by atoms with van der Waals surface area (Å²) in [5.74, 6) is 0.754. The van der Waals surface area contributed by atoms with Crippen LogP contribution in [0.2, 0.25) is 0 Å². The molecule has 28 heavy (non-hydrogen) atoms. The molecule has 3 rings (SSSR count). The van der Waals surface area contributed by atoms with Crippen LogP contribution in [0.3, 0.4) is 0 Å². The smallest absolute Gasteiger partial charge is 0.303 e. The van der Waals surface area contributed by atoms with Gasteiger partial charge in [0.15, 0.2) is 0 Å². The van der Waals surface area contributed by atoms with Gasteiger partial charge < -0.3 is 15.2 Å². The average Bonchev–Trinajstić information content (AvgIpc) is 2.91. The number of hydrogen-bond acceptors (Lipinski definition) is 4. The maximum atomic E-state index is 11.6. The second-order valence-electron chi connectivity index (χ2n) is 9.61. The molecule has 0 spiro atoms. The summed E-state index contributed by atoms with van der Waals surface area (Å²) in [6.45, 7) is 8.84. The standard InChI is InChI=1S/C24H39NO3/c1-16-13-22-21(17(2)15-25-20-9-7-5-6-8-10-20)12-11-18(3)24(22,27)14-23(16)28-19(4)26/h13,17-18,20-23,25,27H,5-12,15H2,1-4H3/t17-,18-,21+,22-,23-,24-/m1/s1. The zero-order chi connectivity index (χ0) is 20.3. The fourth-order valence-electron chi connectivity index (χ4n) is 5.59. The second-order valence-corrected chi connectivity index (χ2v) is 9.61. The van der Waals surface area contributed by atoms with Crippen LogP contribution in [0.5, 0.6) is 0 Å². The summed E-state index contributed by atoms with van der Waals surface area (Å²) in [5.41, 5.74) is -0.0213. The minimum Gasteiger partial charge on any atom is -0.457 e. The maximum absolute atomic E-state index is 11.6. The summed E-state index contributed by atoms with van der Waals surface area (Å²) in [6.07, 6.45) is 15.1. The van der Waals surface area contributed by atoms with Gasteiger partial charge in [-0.2, -0.15) is 0 Å². The summed E-state index contributed by atoms with van der Waals surface area (Å²) in [5, 5.41) is 15.4. The predicted molar refractivity (Wildman–Crippen MR) is 112 cm³/mol. The SMILES string of the molecule is CC(=O)O[C@@H]1[C][C@@]2(O)[C@H](C)CC[C@@H]([C@H](C)CNC3CCCCCC3)[C@H]2C=C1C. The molecule has 4 nitrogen and oxygen atoms in total. The van der Waals surface area contributed by atoms with Gasteiger partial charge in [0.05, 0.1) is 12.0 Å². The van der Waals surface area contributed by atoms with Crippen LogP contribution in [0.25, 0.3) is 0 Å². The van der Waals surface area contributed by atoms with Crippen LogP contribution in [-0.4, -0.2) is 35.4 Å². The van der Waals surface area contributed by atoms with Crippen molar-refractivity contribution in [3.05, 3.63) is 18.1 Å². The van der Waals surface area contributed by atoms with Crippen molar-refractivity contribution in [2.45, 2.75) is 96.8 Å². The molecule has 0 aromatic carbocycles. The first-order valence-electron chi connectivity index (χ1n) is 11.4. The Morgan fingerprint density at radius 1 is 1.29 bits per heavy atom. The third-order valence-corrected chi connectivity index (χ3v) is 7.47. The summed E-state index contributed by atoms with van der Waals surface area (Å²) < 4.78 is 5.41. The molecule has 4 heteroatoms. The number of ether oxygens (including phenoxy) is 1. The summed E-state index contributed by atoms with van der Waals surface area (Å²) in [4.78, 5) is 11.5. The lowest BCUT2D eigenvalue weighted by Crippen LogP contribution is -2.56. The van der Waals surface area contributed by atoms with Gasteiger partial charge in [-0.15, -0.1) is 0 Å². The topological polar surface area (TPSA) is 58.6 Å². The molecule has 6 atom stereocenters. The summed E-state index contributed by atoms with van der Waals surface area (Å²) >= 11 is 0. The van der Waals surface area contributed by atoms with E-state index in [1.165, 1.54) is 45.4 Å². The highest BCUT2D eigenvalue weighted by Crippen LogP contribution is 2.50. The molecular weight excluding hydrogens is 350 g/mol. The molecule has 0 bridgehead atoms. The first kappa shape index (κ1) is 21.8. The van der Waals surface area contributed by atoms with Gasteiger partial charge in [0, 0.05) is 18.9 Å². The van der Waals surface area contributed by atoms with E-state index in [2.05, 4.69) is 31.7 Å². The van der Waals surface area contributed by atoms with Gasteiger partial charge in [0.1, 0.15) is 6.10 Å². The van der Waals surface area contributed by atoms with Crippen LogP contribution in [0.1, 0.15) is 79.1 Å². The third kappa shape index (κ3) is 4.81. The summed E-state index contributed by atoms with van der Waals surface area (Å²) in [7, 11) is 0. The maximum Gasteiger partial charge on any atom is 0.303 e. The molecule has 3 aliphatic rings. The Bertz CT molecular complexity index is 566. The number of hydrogen-bond donors (Lipinski definition) is 2. The number of fused-ring (bicyclic) bond motifs is 1. The van der Waals surface area contributed by atoms with E-state index in [1.54, 1.807) is 0 Å². The van der Waals surface area contributed by atoms with Gasteiger partial charge in [0.25, 0.3) is 0 Å². The van der Waals surface area contributed by atoms with Crippen molar-refractivity contribution in [1.29, 1.82) is 0 Å². The number of nitrogens with one attached hydrogen (secondary N) is 1. The van der Waals surface area contributed by atoms with Gasteiger partial charge in [0.2, 0.25) is 0 Å². The van der Waals surface area contributed by atoms with Crippen molar-refractivity contribution < 1.29 is 14.6 Å². The van der Waals surface area contributed by atoms with E-state index in [0.717, 1.165) is 25.0 Å². The van der Waals surface area contributed by atoms with Crippen LogP contribution in [0.15, 0.2) is 11.6 Å². The largest absolute Gasteiger partial charge is 0.457 e. The fraction of sp³-hybridized carbons (Fsp3) is 0.833. The molecular formula is C24H39NO3. The molecule has 2 fully saturated rings. The Hall–Kier alpha value is -0.870. The first-order chi connectivity index (χ1) is 13.3. The molecule has 2 saturated carbocycles. The van der Waals surface area contributed by atoms with Crippen LogP contribution in [0.4, 0.5) is 0 Å². The lowest BCUT2D eigenvalue weighted by Gasteiger charge is -2.52. The third-order valence-electron chi connectivity index (χ3n) is 7.47. The van der Waals surface area contributed by atoms with Crippen molar-refractivity contribution in [1.82, 2.24) is 5.32 Å². The van der Waals surface area contributed by atoms with E-state index < -0.39 is 11.7 Å². The lowest BCUT2D eigenvalue weighted by atomic mass is 9.57. The lowest BCUT2D eigenvalue weighted by molar-refractivity contribution is -0.148. The Morgan fingerprint density at radius 2 is 1.96 bits per heavy atom. The van der Waals surface area contributed by atoms with E-state index in [0.29, 0.717) is 17.9 Å². The highest BCUT2D eigenvalue weighted by molar-refractivity contribution is 5.66. The Balaban J connectivity index is 1.69. The van der Waals surface area contributed by atoms with E-state index in [9.17, 15) is 9.90 Å². The minimum absolute atomic E-state index is 0.0500. The van der Waals surface area contributed by atoms with E-state index >= 15 is 0 Å². The molecule has 0 aromatic heterocycles. The van der Waals surface area contributed by atoms with E-state index in [4.69, 9.17) is 4.74 Å².